The minimum atomic E-state index is -3.64. The van der Waals surface area contributed by atoms with Crippen LogP contribution in [-0.2, 0) is 27.8 Å². The van der Waals surface area contributed by atoms with Crippen molar-refractivity contribution in [2.75, 3.05) is 5.32 Å². The monoisotopic (exact) mass is 341 g/mol. The van der Waals surface area contributed by atoms with Gasteiger partial charge in [0.15, 0.2) is 9.34 Å². The lowest BCUT2D eigenvalue weighted by atomic mass is 10.1. The summed E-state index contributed by atoms with van der Waals surface area (Å²) >= 11 is 0.933. The predicted octanol–water partition coefficient (Wildman–Crippen LogP) is 0.591. The molecular weight excluding hydrogens is 326 g/mol. The summed E-state index contributed by atoms with van der Waals surface area (Å²) in [6, 6.07) is 1.72. The minimum absolute atomic E-state index is 0.0929. The molecule has 3 heterocycles. The van der Waals surface area contributed by atoms with Crippen LogP contribution in [0.15, 0.2) is 22.7 Å². The molecule has 0 aromatic carbocycles. The van der Waals surface area contributed by atoms with Crippen molar-refractivity contribution < 1.29 is 13.2 Å². The second kappa shape index (κ2) is 5.78. The first-order chi connectivity index (χ1) is 10.4. The smallest absolute Gasteiger partial charge is 0.251 e. The Morgan fingerprint density at radius 2 is 2.32 bits per heavy atom. The van der Waals surface area contributed by atoms with Crippen molar-refractivity contribution in [1.82, 2.24) is 19.5 Å². The molecule has 1 aliphatic heterocycles. The van der Waals surface area contributed by atoms with Crippen molar-refractivity contribution in [3.05, 3.63) is 24.2 Å². The Balaban J connectivity index is 1.71. The molecule has 8 nitrogen and oxygen atoms in total. The van der Waals surface area contributed by atoms with Gasteiger partial charge in [-0.15, -0.1) is 0 Å². The highest BCUT2D eigenvalue weighted by atomic mass is 32.2. The zero-order valence-electron chi connectivity index (χ0n) is 11.8. The summed E-state index contributed by atoms with van der Waals surface area (Å²) < 4.78 is 29.4. The van der Waals surface area contributed by atoms with E-state index in [2.05, 4.69) is 20.1 Å². The zero-order valence-corrected chi connectivity index (χ0v) is 13.4. The van der Waals surface area contributed by atoms with Gasteiger partial charge in [0, 0.05) is 37.8 Å². The van der Waals surface area contributed by atoms with Gasteiger partial charge in [0.25, 0.3) is 10.0 Å². The number of anilines is 1. The molecule has 0 radical (unpaired) electrons. The first kappa shape index (κ1) is 15.1. The standard InChI is InChI=1S/C12H15N5O3S2/c1-8(18)15-12-13-7-11(21-12)22(19,20)16-9-3-5-17-10(6-9)2-4-14-17/h2,4,7,9,16H,3,5-6H2,1H3,(H,13,15,18)/t9-/m0/s1. The first-order valence-corrected chi connectivity index (χ1v) is 9.00. The lowest BCUT2D eigenvalue weighted by Gasteiger charge is -2.23. The Kier molecular flexibility index (Phi) is 3.98. The molecule has 2 aromatic heterocycles. The number of aromatic nitrogens is 3. The molecule has 2 aromatic rings. The molecule has 0 spiro atoms. The molecule has 118 valence electrons. The summed E-state index contributed by atoms with van der Waals surface area (Å²) in [6.45, 7) is 2.04. The number of sulfonamides is 1. The van der Waals surface area contributed by atoms with Crippen LogP contribution in [0.4, 0.5) is 5.13 Å². The number of hydrogen-bond donors (Lipinski definition) is 2. The molecule has 1 aliphatic rings. The minimum Gasteiger partial charge on any atom is -0.302 e. The first-order valence-electron chi connectivity index (χ1n) is 6.70. The number of thiazole rings is 1. The number of nitrogens with one attached hydrogen (secondary N) is 2. The Labute approximate surface area is 131 Å². The average molecular weight is 341 g/mol. The lowest BCUT2D eigenvalue weighted by molar-refractivity contribution is -0.114. The number of carbonyl (C=O) groups is 1. The Morgan fingerprint density at radius 1 is 1.50 bits per heavy atom. The van der Waals surface area contributed by atoms with Crippen LogP contribution in [-0.4, -0.2) is 35.1 Å². The van der Waals surface area contributed by atoms with E-state index in [4.69, 9.17) is 0 Å². The van der Waals surface area contributed by atoms with E-state index in [1.807, 2.05) is 10.7 Å². The molecule has 22 heavy (non-hydrogen) atoms. The van der Waals surface area contributed by atoms with Crippen molar-refractivity contribution in [2.45, 2.75) is 36.6 Å². The molecule has 0 unspecified atom stereocenters. The van der Waals surface area contributed by atoms with Crippen LogP contribution in [0.5, 0.6) is 0 Å². The molecule has 0 fully saturated rings. The fourth-order valence-electron chi connectivity index (χ4n) is 2.34. The number of carbonyl (C=O) groups excluding carboxylic acids is 1. The predicted molar refractivity (Wildman–Crippen MR) is 81.1 cm³/mol. The molecule has 0 aliphatic carbocycles. The van der Waals surface area contributed by atoms with Crippen molar-refractivity contribution >= 4 is 32.4 Å². The van der Waals surface area contributed by atoms with Gasteiger partial charge in [0.2, 0.25) is 5.91 Å². The van der Waals surface area contributed by atoms with E-state index in [1.165, 1.54) is 13.1 Å². The van der Waals surface area contributed by atoms with Crippen molar-refractivity contribution in [3.63, 3.8) is 0 Å². The van der Waals surface area contributed by atoms with Crippen LogP contribution in [0.3, 0.4) is 0 Å². The third-order valence-corrected chi connectivity index (χ3v) is 6.20. The van der Waals surface area contributed by atoms with E-state index >= 15 is 0 Å². The average Bonchev–Trinajstić information content (AvgIpc) is 3.06. The number of rotatable bonds is 4. The van der Waals surface area contributed by atoms with Crippen molar-refractivity contribution in [1.29, 1.82) is 0 Å². The number of hydrogen-bond acceptors (Lipinski definition) is 6. The maximum absolute atomic E-state index is 12.4. The van der Waals surface area contributed by atoms with Crippen LogP contribution in [0.1, 0.15) is 19.0 Å². The summed E-state index contributed by atoms with van der Waals surface area (Å²) in [7, 11) is -3.64. The van der Waals surface area contributed by atoms with Gasteiger partial charge in [-0.2, -0.15) is 5.10 Å². The van der Waals surface area contributed by atoms with Crippen LogP contribution in [0, 0.1) is 0 Å². The van der Waals surface area contributed by atoms with E-state index in [1.54, 1.807) is 6.20 Å². The van der Waals surface area contributed by atoms with Crippen molar-refractivity contribution in [3.8, 4) is 0 Å². The SMILES string of the molecule is CC(=O)Nc1ncc(S(=O)(=O)N[C@H]2CCn3nccc3C2)s1. The highest BCUT2D eigenvalue weighted by Gasteiger charge is 2.26. The molecule has 0 saturated carbocycles. The molecular formula is C12H15N5O3S2. The van der Waals surface area contributed by atoms with E-state index in [0.29, 0.717) is 19.4 Å². The molecule has 10 heteroatoms. The van der Waals surface area contributed by atoms with Crippen LogP contribution in [0.25, 0.3) is 0 Å². The van der Waals surface area contributed by atoms with Crippen LogP contribution >= 0.6 is 11.3 Å². The molecule has 1 atom stereocenters. The number of amides is 1. The van der Waals surface area contributed by atoms with Gasteiger partial charge >= 0.3 is 0 Å². The van der Waals surface area contributed by atoms with Crippen LogP contribution < -0.4 is 10.0 Å². The summed E-state index contributed by atoms with van der Waals surface area (Å²) in [5, 5.41) is 6.92. The largest absolute Gasteiger partial charge is 0.302 e. The van der Waals surface area contributed by atoms with Gasteiger partial charge in [-0.3, -0.25) is 9.48 Å². The maximum Gasteiger partial charge on any atom is 0.251 e. The van der Waals surface area contributed by atoms with Gasteiger partial charge in [-0.25, -0.2) is 18.1 Å². The molecule has 0 saturated heterocycles. The summed E-state index contributed by atoms with van der Waals surface area (Å²) in [5.41, 5.74) is 1.02. The normalized spacial score (nSPS) is 18.0. The molecule has 2 N–H and O–H groups in total. The second-order valence-electron chi connectivity index (χ2n) is 5.02. The third kappa shape index (κ3) is 3.18. The molecule has 3 rings (SSSR count). The summed E-state index contributed by atoms with van der Waals surface area (Å²) in [6.07, 6.45) is 4.27. The van der Waals surface area contributed by atoms with Gasteiger partial charge in [-0.05, 0) is 12.5 Å². The summed E-state index contributed by atoms with van der Waals surface area (Å²) in [4.78, 5) is 14.9. The quantitative estimate of drug-likeness (QED) is 0.847. The van der Waals surface area contributed by atoms with E-state index < -0.39 is 10.0 Å². The summed E-state index contributed by atoms with van der Waals surface area (Å²) in [5.74, 6) is -0.285. The van der Waals surface area contributed by atoms with E-state index in [9.17, 15) is 13.2 Å². The third-order valence-electron chi connectivity index (χ3n) is 3.30. The second-order valence-corrected chi connectivity index (χ2v) is 7.99. The number of nitrogens with zero attached hydrogens (tertiary/aromatic N) is 3. The van der Waals surface area contributed by atoms with E-state index in [-0.39, 0.29) is 21.3 Å². The van der Waals surface area contributed by atoms with Crippen LogP contribution in [0.2, 0.25) is 0 Å². The maximum atomic E-state index is 12.4. The number of fused-ring (bicyclic) bond motifs is 1. The lowest BCUT2D eigenvalue weighted by Crippen LogP contribution is -2.39. The molecule has 0 bridgehead atoms. The Bertz CT molecular complexity index is 795. The molecule has 1 amide bonds. The van der Waals surface area contributed by atoms with Gasteiger partial charge in [0.1, 0.15) is 0 Å². The fourth-order valence-corrected chi connectivity index (χ4v) is 4.70. The Hall–Kier alpha value is -1.78. The van der Waals surface area contributed by atoms with Gasteiger partial charge < -0.3 is 5.32 Å². The van der Waals surface area contributed by atoms with Gasteiger partial charge in [-0.1, -0.05) is 11.3 Å². The highest BCUT2D eigenvalue weighted by Crippen LogP contribution is 2.24. The van der Waals surface area contributed by atoms with Gasteiger partial charge in [0.05, 0.1) is 6.20 Å². The van der Waals surface area contributed by atoms with Crippen molar-refractivity contribution in [2.24, 2.45) is 0 Å². The Morgan fingerprint density at radius 3 is 3.09 bits per heavy atom. The fraction of sp³-hybridized carbons (Fsp3) is 0.417. The number of aryl methyl sites for hydroxylation is 1. The highest BCUT2D eigenvalue weighted by molar-refractivity contribution is 7.91. The van der Waals surface area contributed by atoms with E-state index in [0.717, 1.165) is 17.0 Å². The topological polar surface area (TPSA) is 106 Å². The zero-order chi connectivity index (χ0) is 15.7.